The van der Waals surface area contributed by atoms with Crippen molar-refractivity contribution in [1.29, 1.82) is 0 Å². The Morgan fingerprint density at radius 2 is 1.14 bits per heavy atom. The van der Waals surface area contributed by atoms with Gasteiger partial charge in [-0.05, 0) is 39.6 Å². The highest BCUT2D eigenvalue weighted by Crippen LogP contribution is 2.44. The molecule has 0 bridgehead atoms. The summed E-state index contributed by atoms with van der Waals surface area (Å²) in [6.07, 6.45) is 0. The third-order valence-electron chi connectivity index (χ3n) is 6.92. The minimum absolute atomic E-state index is 0.649. The van der Waals surface area contributed by atoms with Gasteiger partial charge in [0.2, 0.25) is 0 Å². The molecular formula is C32H20BO3. The first-order chi connectivity index (χ1) is 17.8. The topological polar surface area (TPSA) is 42.6 Å². The molecule has 0 spiro atoms. The van der Waals surface area contributed by atoms with E-state index in [4.69, 9.17) is 9.07 Å². The van der Waals surface area contributed by atoms with Gasteiger partial charge in [0.25, 0.3) is 0 Å². The fraction of sp³-hybridized carbons (Fsp3) is 0. The first-order valence-electron chi connectivity index (χ1n) is 11.9. The van der Waals surface area contributed by atoms with Crippen molar-refractivity contribution in [3.05, 3.63) is 115 Å². The average molecular weight is 463 g/mol. The Balaban J connectivity index is 1.51. The number of furan rings is 1. The van der Waals surface area contributed by atoms with Crippen molar-refractivity contribution in [2.75, 3.05) is 0 Å². The Kier molecular flexibility index (Phi) is 4.79. The van der Waals surface area contributed by atoms with Crippen LogP contribution in [0.25, 0.3) is 65.7 Å². The molecule has 0 fully saturated rings. The Hall–Kier alpha value is -4.54. The molecule has 169 valence electrons. The van der Waals surface area contributed by atoms with Gasteiger partial charge in [-0.25, -0.2) is 0 Å². The van der Waals surface area contributed by atoms with Gasteiger partial charge in [0.15, 0.2) is 0 Å². The standard InChI is InChI=1S/C32H20BO3/c34-33-36-32-27-14-3-1-12-24(27)30(25-13-2-4-15-28(25)32)21-10-7-9-20(19-21)22-16-8-17-26-23-11-5-6-18-29(23)35-31(22)26/h1-19,34H. The molecule has 0 saturated carbocycles. The number of benzene rings is 6. The summed E-state index contributed by atoms with van der Waals surface area (Å²) in [6.45, 7) is 0. The Bertz CT molecular complexity index is 1860. The zero-order valence-corrected chi connectivity index (χ0v) is 19.3. The van der Waals surface area contributed by atoms with E-state index in [1.54, 1.807) is 0 Å². The van der Waals surface area contributed by atoms with Crippen LogP contribution in [0.5, 0.6) is 5.75 Å². The quantitative estimate of drug-likeness (QED) is 0.212. The zero-order valence-electron chi connectivity index (χ0n) is 19.3. The summed E-state index contributed by atoms with van der Waals surface area (Å²) in [7, 11) is 0.752. The third-order valence-corrected chi connectivity index (χ3v) is 6.92. The molecule has 0 saturated heterocycles. The van der Waals surface area contributed by atoms with Gasteiger partial charge in [-0.3, -0.25) is 0 Å². The predicted octanol–water partition coefficient (Wildman–Crippen LogP) is 8.13. The van der Waals surface area contributed by atoms with Gasteiger partial charge >= 0.3 is 7.69 Å². The summed E-state index contributed by atoms with van der Waals surface area (Å²) in [5, 5.41) is 15.7. The number of hydrogen-bond acceptors (Lipinski definition) is 3. The normalized spacial score (nSPS) is 11.5. The summed E-state index contributed by atoms with van der Waals surface area (Å²) in [5.41, 5.74) is 6.18. The molecule has 7 rings (SSSR count). The molecule has 6 aromatic carbocycles. The molecule has 1 heterocycles. The van der Waals surface area contributed by atoms with Crippen molar-refractivity contribution in [1.82, 2.24) is 0 Å². The van der Waals surface area contributed by atoms with Crippen molar-refractivity contribution < 1.29 is 14.1 Å². The van der Waals surface area contributed by atoms with E-state index in [-0.39, 0.29) is 0 Å². The second-order valence-electron chi connectivity index (χ2n) is 8.88. The van der Waals surface area contributed by atoms with E-state index >= 15 is 0 Å². The molecule has 7 aromatic rings. The SMILES string of the molecule is O[B]Oc1c2ccccc2c(-c2cccc(-c3cccc4c3oc3ccccc34)c2)c2ccccc12. The lowest BCUT2D eigenvalue weighted by Crippen LogP contribution is -2.02. The van der Waals surface area contributed by atoms with Gasteiger partial charge in [0, 0.05) is 27.1 Å². The van der Waals surface area contributed by atoms with Crippen LogP contribution in [0.3, 0.4) is 0 Å². The lowest BCUT2D eigenvalue weighted by Gasteiger charge is -2.17. The molecule has 0 unspecified atom stereocenters. The van der Waals surface area contributed by atoms with Gasteiger partial charge in [0.1, 0.15) is 16.9 Å². The van der Waals surface area contributed by atoms with Gasteiger partial charge in [-0.15, -0.1) is 0 Å². The number of hydrogen-bond donors (Lipinski definition) is 1. The summed E-state index contributed by atoms with van der Waals surface area (Å²) in [5.74, 6) is 0.649. The fourth-order valence-corrected chi connectivity index (χ4v) is 5.40. The summed E-state index contributed by atoms with van der Waals surface area (Å²) in [4.78, 5) is 0. The maximum Gasteiger partial charge on any atom is 0.569 e. The van der Waals surface area contributed by atoms with E-state index in [0.717, 1.165) is 73.4 Å². The summed E-state index contributed by atoms with van der Waals surface area (Å²) in [6, 6.07) is 39.4. The number of para-hydroxylation sites is 2. The van der Waals surface area contributed by atoms with Gasteiger partial charge in [-0.1, -0.05) is 103 Å². The van der Waals surface area contributed by atoms with Gasteiger partial charge < -0.3 is 14.1 Å². The van der Waals surface area contributed by atoms with E-state index < -0.39 is 0 Å². The van der Waals surface area contributed by atoms with Crippen molar-refractivity contribution >= 4 is 51.2 Å². The highest BCUT2D eigenvalue weighted by Gasteiger charge is 2.17. The zero-order chi connectivity index (χ0) is 24.1. The maximum atomic E-state index is 9.47. The van der Waals surface area contributed by atoms with Crippen LogP contribution in [0.2, 0.25) is 0 Å². The number of rotatable bonds is 4. The smallest absolute Gasteiger partial charge is 0.537 e. The third kappa shape index (κ3) is 3.12. The first-order valence-corrected chi connectivity index (χ1v) is 11.9. The minimum Gasteiger partial charge on any atom is -0.537 e. The van der Waals surface area contributed by atoms with Gasteiger partial charge in [0.05, 0.1) is 0 Å². The largest absolute Gasteiger partial charge is 0.569 e. The van der Waals surface area contributed by atoms with Crippen molar-refractivity contribution in [2.45, 2.75) is 0 Å². The van der Waals surface area contributed by atoms with Crippen LogP contribution in [-0.4, -0.2) is 12.7 Å². The van der Waals surface area contributed by atoms with Crippen molar-refractivity contribution in [2.24, 2.45) is 0 Å². The molecule has 3 nitrogen and oxygen atoms in total. The van der Waals surface area contributed by atoms with E-state index in [0.29, 0.717) is 5.75 Å². The van der Waals surface area contributed by atoms with Crippen LogP contribution < -0.4 is 4.65 Å². The minimum atomic E-state index is 0.649. The molecule has 1 aromatic heterocycles. The molecule has 0 aliphatic heterocycles. The Morgan fingerprint density at radius 3 is 1.86 bits per heavy atom. The lowest BCUT2D eigenvalue weighted by molar-refractivity contribution is 0.459. The van der Waals surface area contributed by atoms with Crippen LogP contribution in [0.1, 0.15) is 0 Å². The monoisotopic (exact) mass is 463 g/mol. The molecule has 0 aliphatic rings. The maximum absolute atomic E-state index is 9.47. The van der Waals surface area contributed by atoms with Crippen molar-refractivity contribution in [3.8, 4) is 28.0 Å². The molecular weight excluding hydrogens is 443 g/mol. The lowest BCUT2D eigenvalue weighted by atomic mass is 9.89. The first kappa shape index (κ1) is 20.8. The van der Waals surface area contributed by atoms with Crippen LogP contribution in [0, 0.1) is 0 Å². The fourth-order valence-electron chi connectivity index (χ4n) is 5.40. The molecule has 36 heavy (non-hydrogen) atoms. The van der Waals surface area contributed by atoms with E-state index in [2.05, 4.69) is 60.7 Å². The molecule has 0 aliphatic carbocycles. The Morgan fingerprint density at radius 1 is 0.556 bits per heavy atom. The molecule has 4 heteroatoms. The number of fused-ring (bicyclic) bond motifs is 5. The van der Waals surface area contributed by atoms with Crippen molar-refractivity contribution in [3.63, 3.8) is 0 Å². The summed E-state index contributed by atoms with van der Waals surface area (Å²) < 4.78 is 11.9. The second kappa shape index (κ2) is 8.30. The predicted molar refractivity (Wildman–Crippen MR) is 148 cm³/mol. The van der Waals surface area contributed by atoms with Crippen LogP contribution in [0.4, 0.5) is 0 Å². The van der Waals surface area contributed by atoms with E-state index in [1.807, 2.05) is 54.6 Å². The Labute approximate surface area is 208 Å². The van der Waals surface area contributed by atoms with Crippen LogP contribution in [0.15, 0.2) is 120 Å². The van der Waals surface area contributed by atoms with E-state index in [9.17, 15) is 5.02 Å². The second-order valence-corrected chi connectivity index (χ2v) is 8.88. The molecule has 0 amide bonds. The molecule has 1 N–H and O–H groups in total. The molecule has 0 atom stereocenters. The highest BCUT2D eigenvalue weighted by atomic mass is 16.5. The van der Waals surface area contributed by atoms with Gasteiger partial charge in [-0.2, -0.15) is 0 Å². The summed E-state index contributed by atoms with van der Waals surface area (Å²) >= 11 is 0. The van der Waals surface area contributed by atoms with Crippen LogP contribution >= 0.6 is 0 Å². The van der Waals surface area contributed by atoms with Crippen LogP contribution in [-0.2, 0) is 0 Å². The highest BCUT2D eigenvalue weighted by molar-refractivity contribution is 6.22. The van der Waals surface area contributed by atoms with E-state index in [1.165, 1.54) is 0 Å². The average Bonchev–Trinajstić information content (AvgIpc) is 3.32. The molecule has 1 radical (unpaired) electrons.